The number of rotatable bonds is 3. The van der Waals surface area contributed by atoms with Crippen molar-refractivity contribution in [1.29, 1.82) is 0 Å². The molecule has 0 spiro atoms. The Morgan fingerprint density at radius 1 is 1.50 bits per heavy atom. The second-order valence-electron chi connectivity index (χ2n) is 3.73. The summed E-state index contributed by atoms with van der Waals surface area (Å²) in [4.78, 5) is 11.5. The zero-order valence-electron chi connectivity index (χ0n) is 7.66. The Hall–Kier alpha value is -1.38. The highest BCUT2D eigenvalue weighted by Gasteiger charge is 2.26. The number of carbonyl (C=O) groups excluding carboxylic acids is 1. The molecular weight excluding hydrogens is 183 g/mol. The van der Waals surface area contributed by atoms with Crippen LogP contribution in [-0.4, -0.2) is 10.9 Å². The van der Waals surface area contributed by atoms with Crippen molar-refractivity contribution in [3.8, 4) is 5.75 Å². The molecule has 3 heteroatoms. The summed E-state index contributed by atoms with van der Waals surface area (Å²) in [7, 11) is 0. The number of carbonyl (C=O) groups is 1. The fourth-order valence-corrected chi connectivity index (χ4v) is 1.43. The average Bonchev–Trinajstić information content (AvgIpc) is 2.93. The van der Waals surface area contributed by atoms with E-state index in [2.05, 4.69) is 0 Å². The van der Waals surface area contributed by atoms with E-state index in [1.165, 1.54) is 6.07 Å². The smallest absolute Gasteiger partial charge is 0.166 e. The predicted molar refractivity (Wildman–Crippen MR) is 49.7 cm³/mol. The van der Waals surface area contributed by atoms with Crippen LogP contribution in [0.1, 0.15) is 29.6 Å². The van der Waals surface area contributed by atoms with Gasteiger partial charge in [-0.15, -0.1) is 0 Å². The normalized spacial score (nSPS) is 15.5. The average molecular weight is 194 g/mol. The minimum absolute atomic E-state index is 0.108. The SMILES string of the molecule is O=C(CC1CC1)c1cc(F)ccc1O. The van der Waals surface area contributed by atoms with E-state index < -0.39 is 5.82 Å². The van der Waals surface area contributed by atoms with Gasteiger partial charge in [0, 0.05) is 6.42 Å². The summed E-state index contributed by atoms with van der Waals surface area (Å²) in [5.41, 5.74) is 0.108. The van der Waals surface area contributed by atoms with Crippen molar-refractivity contribution in [2.45, 2.75) is 19.3 Å². The molecule has 1 aromatic carbocycles. The van der Waals surface area contributed by atoms with Crippen LogP contribution in [0.15, 0.2) is 18.2 Å². The Morgan fingerprint density at radius 3 is 2.86 bits per heavy atom. The molecule has 1 N–H and O–H groups in total. The van der Waals surface area contributed by atoms with Crippen LogP contribution in [0.3, 0.4) is 0 Å². The van der Waals surface area contributed by atoms with Gasteiger partial charge in [0.15, 0.2) is 5.78 Å². The van der Waals surface area contributed by atoms with Gasteiger partial charge in [0.2, 0.25) is 0 Å². The van der Waals surface area contributed by atoms with Gasteiger partial charge < -0.3 is 5.11 Å². The predicted octanol–water partition coefficient (Wildman–Crippen LogP) is 2.51. The van der Waals surface area contributed by atoms with Crippen molar-refractivity contribution in [2.24, 2.45) is 5.92 Å². The van der Waals surface area contributed by atoms with Gasteiger partial charge >= 0.3 is 0 Å². The van der Waals surface area contributed by atoms with Gasteiger partial charge in [-0.25, -0.2) is 4.39 Å². The van der Waals surface area contributed by atoms with E-state index in [1.807, 2.05) is 0 Å². The second kappa shape index (κ2) is 3.40. The topological polar surface area (TPSA) is 37.3 Å². The molecule has 1 fully saturated rings. The highest BCUT2D eigenvalue weighted by Crippen LogP contribution is 2.34. The number of hydrogen-bond acceptors (Lipinski definition) is 2. The number of halogens is 1. The van der Waals surface area contributed by atoms with Crippen LogP contribution >= 0.6 is 0 Å². The third-order valence-corrected chi connectivity index (χ3v) is 2.43. The maximum atomic E-state index is 12.8. The quantitative estimate of drug-likeness (QED) is 0.750. The van der Waals surface area contributed by atoms with Gasteiger partial charge in [-0.3, -0.25) is 4.79 Å². The minimum Gasteiger partial charge on any atom is -0.507 e. The molecule has 14 heavy (non-hydrogen) atoms. The number of phenols is 1. The maximum absolute atomic E-state index is 12.8. The Bertz CT molecular complexity index is 370. The van der Waals surface area contributed by atoms with Crippen molar-refractivity contribution < 1.29 is 14.3 Å². The van der Waals surface area contributed by atoms with Crippen molar-refractivity contribution in [2.75, 3.05) is 0 Å². The minimum atomic E-state index is -0.484. The van der Waals surface area contributed by atoms with Gasteiger partial charge in [-0.2, -0.15) is 0 Å². The molecule has 1 aromatic rings. The molecule has 2 nitrogen and oxygen atoms in total. The molecule has 2 rings (SSSR count). The first-order valence-corrected chi connectivity index (χ1v) is 4.68. The molecular formula is C11H11FO2. The summed E-state index contributed by atoms with van der Waals surface area (Å²) in [5, 5.41) is 9.35. The number of aromatic hydroxyl groups is 1. The standard InChI is InChI=1S/C11H11FO2/c12-8-3-4-10(13)9(6-8)11(14)5-7-1-2-7/h3-4,6-7,13H,1-2,5H2. The second-order valence-corrected chi connectivity index (χ2v) is 3.73. The molecule has 0 amide bonds. The largest absolute Gasteiger partial charge is 0.507 e. The summed E-state index contributed by atoms with van der Waals surface area (Å²) >= 11 is 0. The van der Waals surface area contributed by atoms with Crippen LogP contribution in [-0.2, 0) is 0 Å². The molecule has 0 atom stereocenters. The Balaban J connectivity index is 2.20. The summed E-state index contributed by atoms with van der Waals surface area (Å²) < 4.78 is 12.8. The van der Waals surface area contributed by atoms with Crippen LogP contribution < -0.4 is 0 Å². The molecule has 0 unspecified atom stereocenters. The third kappa shape index (κ3) is 1.92. The lowest BCUT2D eigenvalue weighted by molar-refractivity contribution is 0.0973. The van der Waals surface area contributed by atoms with Gasteiger partial charge in [-0.05, 0) is 37.0 Å². The lowest BCUT2D eigenvalue weighted by Crippen LogP contribution is -2.01. The highest BCUT2D eigenvalue weighted by molar-refractivity contribution is 5.98. The van der Waals surface area contributed by atoms with Crippen molar-refractivity contribution in [3.63, 3.8) is 0 Å². The van der Waals surface area contributed by atoms with E-state index in [-0.39, 0.29) is 17.1 Å². The van der Waals surface area contributed by atoms with E-state index in [1.54, 1.807) is 0 Å². The van der Waals surface area contributed by atoms with E-state index in [0.29, 0.717) is 12.3 Å². The fourth-order valence-electron chi connectivity index (χ4n) is 1.43. The summed E-state index contributed by atoms with van der Waals surface area (Å²) in [6.07, 6.45) is 2.57. The highest BCUT2D eigenvalue weighted by atomic mass is 19.1. The maximum Gasteiger partial charge on any atom is 0.166 e. The van der Waals surface area contributed by atoms with Gasteiger partial charge in [0.1, 0.15) is 11.6 Å². The molecule has 0 bridgehead atoms. The first-order chi connectivity index (χ1) is 6.66. The van der Waals surface area contributed by atoms with Crippen LogP contribution in [0.25, 0.3) is 0 Å². The van der Waals surface area contributed by atoms with E-state index in [9.17, 15) is 14.3 Å². The zero-order chi connectivity index (χ0) is 10.1. The first kappa shape index (κ1) is 9.19. The van der Waals surface area contributed by atoms with Crippen LogP contribution in [0.2, 0.25) is 0 Å². The van der Waals surface area contributed by atoms with Crippen molar-refractivity contribution in [3.05, 3.63) is 29.6 Å². The molecule has 0 heterocycles. The molecule has 0 radical (unpaired) electrons. The molecule has 1 saturated carbocycles. The van der Waals surface area contributed by atoms with Crippen molar-refractivity contribution in [1.82, 2.24) is 0 Å². The van der Waals surface area contributed by atoms with Crippen LogP contribution in [0.4, 0.5) is 4.39 Å². The number of ketones is 1. The zero-order valence-corrected chi connectivity index (χ0v) is 7.66. The van der Waals surface area contributed by atoms with E-state index in [4.69, 9.17) is 0 Å². The van der Waals surface area contributed by atoms with E-state index >= 15 is 0 Å². The fraction of sp³-hybridized carbons (Fsp3) is 0.364. The lowest BCUT2D eigenvalue weighted by Gasteiger charge is -2.02. The Kier molecular flexibility index (Phi) is 2.23. The first-order valence-electron chi connectivity index (χ1n) is 4.68. The van der Waals surface area contributed by atoms with Crippen LogP contribution in [0.5, 0.6) is 5.75 Å². The van der Waals surface area contributed by atoms with Crippen molar-refractivity contribution >= 4 is 5.78 Å². The van der Waals surface area contributed by atoms with Gasteiger partial charge in [0.05, 0.1) is 5.56 Å². The third-order valence-electron chi connectivity index (χ3n) is 2.43. The number of Topliss-reactive ketones (excluding diaryl/α,β-unsaturated/α-hetero) is 1. The number of phenolic OH excluding ortho intramolecular Hbond substituents is 1. The number of benzene rings is 1. The lowest BCUT2D eigenvalue weighted by atomic mass is 10.0. The van der Waals surface area contributed by atoms with E-state index in [0.717, 1.165) is 25.0 Å². The molecule has 1 aliphatic rings. The summed E-state index contributed by atoms with van der Waals surface area (Å²) in [5.74, 6) is -0.325. The molecule has 74 valence electrons. The Morgan fingerprint density at radius 2 is 2.21 bits per heavy atom. The van der Waals surface area contributed by atoms with Crippen LogP contribution in [0, 0.1) is 11.7 Å². The molecule has 0 saturated heterocycles. The Labute approximate surface area is 81.4 Å². The van der Waals surface area contributed by atoms with Gasteiger partial charge in [0.25, 0.3) is 0 Å². The summed E-state index contributed by atoms with van der Waals surface area (Å²) in [6.45, 7) is 0. The van der Waals surface area contributed by atoms with Gasteiger partial charge in [-0.1, -0.05) is 0 Å². The molecule has 1 aliphatic carbocycles. The molecule has 0 aromatic heterocycles. The molecule has 0 aliphatic heterocycles. The number of hydrogen-bond donors (Lipinski definition) is 1. The monoisotopic (exact) mass is 194 g/mol. The summed E-state index contributed by atoms with van der Waals surface area (Å²) in [6, 6.07) is 3.46.